The predicted molar refractivity (Wildman–Crippen MR) is 40.6 cm³/mol. The predicted octanol–water partition coefficient (Wildman–Crippen LogP) is 0.566. The van der Waals surface area contributed by atoms with Gasteiger partial charge in [0.1, 0.15) is 6.33 Å². The molecule has 2 N–H and O–H groups in total. The highest BCUT2D eigenvalue weighted by atomic mass is 32.2. The van der Waals surface area contributed by atoms with Gasteiger partial charge in [-0.25, -0.2) is 9.97 Å². The van der Waals surface area contributed by atoms with Crippen molar-refractivity contribution in [3.05, 3.63) is 6.33 Å². The molecule has 0 radical (unpaired) electrons. The number of nitrogens with zero attached hydrogens (tertiary/aromatic N) is 3. The van der Waals surface area contributed by atoms with Gasteiger partial charge in [-0.05, 0) is 5.75 Å². The third-order valence-electron chi connectivity index (χ3n) is 0.842. The van der Waals surface area contributed by atoms with Crippen LogP contribution in [0.1, 0.15) is 6.92 Å². The first-order valence-electron chi connectivity index (χ1n) is 2.90. The molecule has 0 aliphatic heterocycles. The highest BCUT2D eigenvalue weighted by Gasteiger charge is 1.94. The fourth-order valence-electron chi connectivity index (χ4n) is 0.492. The van der Waals surface area contributed by atoms with Crippen LogP contribution < -0.4 is 5.73 Å². The number of nitrogens with two attached hydrogens (primary N) is 1. The smallest absolute Gasteiger partial charge is 0.223 e. The minimum atomic E-state index is 0.283. The molecule has 0 aliphatic carbocycles. The molecule has 5 heteroatoms. The monoisotopic (exact) mass is 156 g/mol. The fourth-order valence-corrected chi connectivity index (χ4v) is 1.03. The van der Waals surface area contributed by atoms with Crippen molar-refractivity contribution in [3.8, 4) is 0 Å². The average molecular weight is 156 g/mol. The summed E-state index contributed by atoms with van der Waals surface area (Å²) in [7, 11) is 0. The standard InChI is InChI=1S/C5H8N4S/c1-2-10-5-8-3-7-4(6)9-5/h3H,2H2,1H3,(H2,6,7,8,9). The Morgan fingerprint density at radius 3 is 3.00 bits per heavy atom. The molecule has 0 saturated heterocycles. The molecule has 1 heterocycles. The fraction of sp³-hybridized carbons (Fsp3) is 0.400. The van der Waals surface area contributed by atoms with Crippen LogP contribution in [-0.4, -0.2) is 20.7 Å². The number of nitrogen functional groups attached to an aromatic ring is 1. The summed E-state index contributed by atoms with van der Waals surface area (Å²) in [5, 5.41) is 0.690. The molecule has 1 aromatic heterocycles. The van der Waals surface area contributed by atoms with E-state index in [4.69, 9.17) is 5.73 Å². The van der Waals surface area contributed by atoms with Crippen molar-refractivity contribution < 1.29 is 0 Å². The lowest BCUT2D eigenvalue weighted by Crippen LogP contribution is -1.96. The van der Waals surface area contributed by atoms with Crippen molar-refractivity contribution in [3.63, 3.8) is 0 Å². The van der Waals surface area contributed by atoms with Gasteiger partial charge in [0.25, 0.3) is 0 Å². The van der Waals surface area contributed by atoms with E-state index in [2.05, 4.69) is 15.0 Å². The van der Waals surface area contributed by atoms with Gasteiger partial charge in [0.05, 0.1) is 0 Å². The molecule has 0 atom stereocenters. The number of hydrogen-bond acceptors (Lipinski definition) is 5. The molecule has 10 heavy (non-hydrogen) atoms. The van der Waals surface area contributed by atoms with Gasteiger partial charge in [-0.2, -0.15) is 4.98 Å². The molecule has 54 valence electrons. The molecular formula is C5H8N4S. The lowest BCUT2D eigenvalue weighted by atomic mass is 11.0. The van der Waals surface area contributed by atoms with Gasteiger partial charge in [0.2, 0.25) is 5.95 Å². The maximum Gasteiger partial charge on any atom is 0.223 e. The topological polar surface area (TPSA) is 64.7 Å². The highest BCUT2D eigenvalue weighted by Crippen LogP contribution is 2.09. The number of hydrogen-bond donors (Lipinski definition) is 1. The summed E-state index contributed by atoms with van der Waals surface area (Å²) in [5.74, 6) is 1.23. The Labute approximate surface area is 63.3 Å². The maximum absolute atomic E-state index is 5.31. The Morgan fingerprint density at radius 2 is 2.40 bits per heavy atom. The Kier molecular flexibility index (Phi) is 2.44. The first-order chi connectivity index (χ1) is 4.83. The van der Waals surface area contributed by atoms with Crippen molar-refractivity contribution in [2.24, 2.45) is 0 Å². The minimum absolute atomic E-state index is 0.283. The number of rotatable bonds is 2. The van der Waals surface area contributed by atoms with E-state index >= 15 is 0 Å². The zero-order chi connectivity index (χ0) is 7.40. The van der Waals surface area contributed by atoms with Crippen LogP contribution in [0.2, 0.25) is 0 Å². The number of thioether (sulfide) groups is 1. The van der Waals surface area contributed by atoms with Gasteiger partial charge in [-0.1, -0.05) is 18.7 Å². The highest BCUT2D eigenvalue weighted by molar-refractivity contribution is 7.99. The van der Waals surface area contributed by atoms with Gasteiger partial charge < -0.3 is 5.73 Å². The van der Waals surface area contributed by atoms with Crippen LogP contribution in [0.4, 0.5) is 5.95 Å². The first-order valence-corrected chi connectivity index (χ1v) is 3.89. The summed E-state index contributed by atoms with van der Waals surface area (Å²) >= 11 is 1.55. The van der Waals surface area contributed by atoms with Crippen LogP contribution in [0.25, 0.3) is 0 Å². The van der Waals surface area contributed by atoms with Crippen LogP contribution in [0, 0.1) is 0 Å². The van der Waals surface area contributed by atoms with Crippen molar-refractivity contribution in [1.82, 2.24) is 15.0 Å². The van der Waals surface area contributed by atoms with Crippen LogP contribution in [-0.2, 0) is 0 Å². The number of anilines is 1. The second-order valence-corrected chi connectivity index (χ2v) is 2.79. The van der Waals surface area contributed by atoms with Crippen molar-refractivity contribution in [1.29, 1.82) is 0 Å². The van der Waals surface area contributed by atoms with E-state index in [-0.39, 0.29) is 5.95 Å². The van der Waals surface area contributed by atoms with E-state index in [1.807, 2.05) is 6.92 Å². The summed E-state index contributed by atoms with van der Waals surface area (Å²) in [4.78, 5) is 11.4. The van der Waals surface area contributed by atoms with Crippen LogP contribution >= 0.6 is 11.8 Å². The quantitative estimate of drug-likeness (QED) is 0.634. The van der Waals surface area contributed by atoms with E-state index in [0.29, 0.717) is 5.16 Å². The molecule has 0 unspecified atom stereocenters. The third kappa shape index (κ3) is 1.84. The van der Waals surface area contributed by atoms with E-state index in [1.165, 1.54) is 6.33 Å². The summed E-state index contributed by atoms with van der Waals surface area (Å²) in [6, 6.07) is 0. The van der Waals surface area contributed by atoms with Crippen LogP contribution in [0.3, 0.4) is 0 Å². The summed E-state index contributed by atoms with van der Waals surface area (Å²) in [6.07, 6.45) is 1.42. The Balaban J connectivity index is 2.75. The normalized spacial score (nSPS) is 9.70. The SMILES string of the molecule is CCSc1ncnc(N)n1. The molecule has 0 saturated carbocycles. The molecule has 0 amide bonds. The van der Waals surface area contributed by atoms with Gasteiger partial charge in [0.15, 0.2) is 5.16 Å². The van der Waals surface area contributed by atoms with Crippen molar-refractivity contribution in [2.75, 3.05) is 11.5 Å². The van der Waals surface area contributed by atoms with Crippen molar-refractivity contribution >= 4 is 17.7 Å². The van der Waals surface area contributed by atoms with Gasteiger partial charge in [-0.3, -0.25) is 0 Å². The molecule has 1 aromatic rings. The molecule has 0 aromatic carbocycles. The summed E-state index contributed by atoms with van der Waals surface area (Å²) in [5.41, 5.74) is 5.31. The van der Waals surface area contributed by atoms with E-state index in [1.54, 1.807) is 11.8 Å². The Bertz CT molecular complexity index is 215. The van der Waals surface area contributed by atoms with Gasteiger partial charge in [0, 0.05) is 0 Å². The Morgan fingerprint density at radius 1 is 1.60 bits per heavy atom. The second-order valence-electron chi connectivity index (χ2n) is 1.56. The molecule has 0 fully saturated rings. The maximum atomic E-state index is 5.31. The number of aromatic nitrogens is 3. The van der Waals surface area contributed by atoms with E-state index in [0.717, 1.165) is 5.75 Å². The minimum Gasteiger partial charge on any atom is -0.368 e. The van der Waals surface area contributed by atoms with Crippen LogP contribution in [0.15, 0.2) is 11.5 Å². The lowest BCUT2D eigenvalue weighted by Gasteiger charge is -1.94. The molecule has 0 aliphatic rings. The zero-order valence-corrected chi connectivity index (χ0v) is 6.43. The first kappa shape index (κ1) is 7.27. The lowest BCUT2D eigenvalue weighted by molar-refractivity contribution is 0.916. The van der Waals surface area contributed by atoms with Gasteiger partial charge in [-0.15, -0.1) is 0 Å². The summed E-state index contributed by atoms with van der Waals surface area (Å²) in [6.45, 7) is 2.03. The third-order valence-corrected chi connectivity index (χ3v) is 1.59. The molecule has 0 bridgehead atoms. The van der Waals surface area contributed by atoms with Crippen molar-refractivity contribution in [2.45, 2.75) is 12.1 Å². The molecule has 4 nitrogen and oxygen atoms in total. The summed E-state index contributed by atoms with van der Waals surface area (Å²) < 4.78 is 0. The molecular weight excluding hydrogens is 148 g/mol. The largest absolute Gasteiger partial charge is 0.368 e. The zero-order valence-electron chi connectivity index (χ0n) is 5.61. The molecule has 1 rings (SSSR count). The second kappa shape index (κ2) is 3.36. The Hall–Kier alpha value is -0.840. The van der Waals surface area contributed by atoms with Gasteiger partial charge >= 0.3 is 0 Å². The van der Waals surface area contributed by atoms with Crippen LogP contribution in [0.5, 0.6) is 0 Å². The average Bonchev–Trinajstić information content (AvgIpc) is 1.88. The van der Waals surface area contributed by atoms with E-state index in [9.17, 15) is 0 Å². The van der Waals surface area contributed by atoms with E-state index < -0.39 is 0 Å². The molecule has 0 spiro atoms.